The van der Waals surface area contributed by atoms with Gasteiger partial charge in [0.05, 0.1) is 0 Å². The molecule has 1 aliphatic heterocycles. The summed E-state index contributed by atoms with van der Waals surface area (Å²) in [7, 11) is 0. The lowest BCUT2D eigenvalue weighted by atomic mass is 9.92. The minimum atomic E-state index is 0.933. The van der Waals surface area contributed by atoms with Crippen LogP contribution in [0.5, 0.6) is 0 Å². The zero-order valence-corrected chi connectivity index (χ0v) is 13.0. The molecule has 1 heterocycles. The van der Waals surface area contributed by atoms with Crippen LogP contribution in [0.4, 0.5) is 0 Å². The molecule has 1 heteroatoms. The average Bonchev–Trinajstić information content (AvgIpc) is 2.85. The zero-order valence-electron chi connectivity index (χ0n) is 13.0. The van der Waals surface area contributed by atoms with Crippen molar-refractivity contribution in [2.24, 2.45) is 5.92 Å². The van der Waals surface area contributed by atoms with Crippen molar-refractivity contribution in [1.29, 1.82) is 0 Å². The highest BCUT2D eigenvalue weighted by atomic mass is 15.2. The van der Waals surface area contributed by atoms with Gasteiger partial charge in [0.15, 0.2) is 0 Å². The Hall–Kier alpha value is -0.460. The number of hydrogen-bond donors (Lipinski definition) is 0. The second-order valence-electron chi connectivity index (χ2n) is 6.51. The van der Waals surface area contributed by atoms with Gasteiger partial charge in [-0.1, -0.05) is 57.9 Å². The molecular weight excluding hydrogens is 230 g/mol. The van der Waals surface area contributed by atoms with E-state index in [9.17, 15) is 0 Å². The number of hydrogen-bond acceptors (Lipinski definition) is 1. The van der Waals surface area contributed by atoms with E-state index in [1.54, 1.807) is 5.70 Å². The minimum absolute atomic E-state index is 0.933. The Kier molecular flexibility index (Phi) is 6.81. The van der Waals surface area contributed by atoms with Crippen molar-refractivity contribution in [2.45, 2.75) is 84.0 Å². The van der Waals surface area contributed by atoms with Crippen LogP contribution in [-0.4, -0.2) is 18.0 Å². The Morgan fingerprint density at radius 3 is 2.53 bits per heavy atom. The molecule has 1 nitrogen and oxygen atoms in total. The first kappa shape index (κ1) is 14.9. The van der Waals surface area contributed by atoms with Crippen molar-refractivity contribution in [3.05, 3.63) is 11.8 Å². The van der Waals surface area contributed by atoms with Crippen molar-refractivity contribution >= 4 is 0 Å². The van der Waals surface area contributed by atoms with Gasteiger partial charge < -0.3 is 4.90 Å². The van der Waals surface area contributed by atoms with E-state index in [1.165, 1.54) is 90.1 Å². The largest absolute Gasteiger partial charge is 0.375 e. The standard InChI is InChI=1S/C18H33N/c1-2-3-4-5-6-7-8-11-15-19-16-14-17-12-9-10-13-18(17)19/h13,17H,2-12,14-16H2,1H3. The predicted molar refractivity (Wildman–Crippen MR) is 84.2 cm³/mol. The molecule has 0 amide bonds. The van der Waals surface area contributed by atoms with Crippen molar-refractivity contribution in [2.75, 3.05) is 13.1 Å². The molecule has 1 aliphatic carbocycles. The number of likely N-dealkylation sites (tertiary alicyclic amines) is 1. The second kappa shape index (κ2) is 8.66. The molecule has 0 spiro atoms. The molecule has 0 saturated carbocycles. The van der Waals surface area contributed by atoms with Gasteiger partial charge in [-0.2, -0.15) is 0 Å². The van der Waals surface area contributed by atoms with E-state index in [0.29, 0.717) is 0 Å². The first-order chi connectivity index (χ1) is 9.42. The molecule has 0 aromatic rings. The van der Waals surface area contributed by atoms with Crippen LogP contribution in [0.3, 0.4) is 0 Å². The van der Waals surface area contributed by atoms with E-state index in [1.807, 2.05) is 0 Å². The lowest BCUT2D eigenvalue weighted by molar-refractivity contribution is 0.364. The van der Waals surface area contributed by atoms with E-state index in [0.717, 1.165) is 5.92 Å². The summed E-state index contributed by atoms with van der Waals surface area (Å²) in [5.74, 6) is 0.933. The van der Waals surface area contributed by atoms with Gasteiger partial charge in [-0.05, 0) is 32.1 Å². The van der Waals surface area contributed by atoms with Crippen LogP contribution in [0.2, 0.25) is 0 Å². The smallest absolute Gasteiger partial charge is 0.0181 e. The Morgan fingerprint density at radius 1 is 1.00 bits per heavy atom. The summed E-state index contributed by atoms with van der Waals surface area (Å²) in [6.07, 6.45) is 19.7. The van der Waals surface area contributed by atoms with E-state index >= 15 is 0 Å². The molecule has 1 unspecified atom stereocenters. The average molecular weight is 263 g/mol. The maximum Gasteiger partial charge on any atom is 0.0181 e. The molecule has 0 radical (unpaired) electrons. The highest BCUT2D eigenvalue weighted by molar-refractivity contribution is 5.13. The van der Waals surface area contributed by atoms with Crippen LogP contribution < -0.4 is 0 Å². The van der Waals surface area contributed by atoms with Gasteiger partial charge in [0.1, 0.15) is 0 Å². The zero-order chi connectivity index (χ0) is 13.3. The van der Waals surface area contributed by atoms with Gasteiger partial charge in [0, 0.05) is 24.7 Å². The molecular formula is C18H33N. The maximum atomic E-state index is 2.70. The van der Waals surface area contributed by atoms with Gasteiger partial charge >= 0.3 is 0 Å². The quantitative estimate of drug-likeness (QED) is 0.495. The molecule has 2 rings (SSSR count). The van der Waals surface area contributed by atoms with E-state index < -0.39 is 0 Å². The van der Waals surface area contributed by atoms with Crippen molar-refractivity contribution < 1.29 is 0 Å². The van der Waals surface area contributed by atoms with Crippen molar-refractivity contribution in [3.8, 4) is 0 Å². The van der Waals surface area contributed by atoms with Crippen LogP contribution in [0, 0.1) is 5.92 Å². The van der Waals surface area contributed by atoms with Crippen molar-refractivity contribution in [3.63, 3.8) is 0 Å². The molecule has 0 N–H and O–H groups in total. The lowest BCUT2D eigenvalue weighted by Gasteiger charge is -2.25. The molecule has 0 aromatic carbocycles. The topological polar surface area (TPSA) is 3.24 Å². The predicted octanol–water partition coefficient (Wildman–Crippen LogP) is 5.52. The van der Waals surface area contributed by atoms with Gasteiger partial charge in [-0.3, -0.25) is 0 Å². The number of allylic oxidation sites excluding steroid dienone is 2. The fourth-order valence-corrected chi connectivity index (χ4v) is 3.73. The molecule has 1 saturated heterocycles. The van der Waals surface area contributed by atoms with Gasteiger partial charge in [0.25, 0.3) is 0 Å². The Balaban J connectivity index is 1.51. The fourth-order valence-electron chi connectivity index (χ4n) is 3.73. The Labute approximate surface area is 120 Å². The molecule has 2 aliphatic rings. The van der Waals surface area contributed by atoms with E-state index in [2.05, 4.69) is 17.9 Å². The SMILES string of the molecule is CCCCCCCCCCN1CCC2CCCC=C21. The summed E-state index contributed by atoms with van der Waals surface area (Å²) in [6.45, 7) is 4.97. The highest BCUT2D eigenvalue weighted by Gasteiger charge is 2.28. The normalized spacial score (nSPS) is 22.5. The van der Waals surface area contributed by atoms with Gasteiger partial charge in [-0.25, -0.2) is 0 Å². The van der Waals surface area contributed by atoms with E-state index in [-0.39, 0.29) is 0 Å². The molecule has 1 fully saturated rings. The first-order valence-electron chi connectivity index (χ1n) is 8.87. The van der Waals surface area contributed by atoms with E-state index in [4.69, 9.17) is 0 Å². The Morgan fingerprint density at radius 2 is 1.74 bits per heavy atom. The summed E-state index contributed by atoms with van der Waals surface area (Å²) in [4.78, 5) is 2.70. The van der Waals surface area contributed by atoms with Crippen LogP contribution in [-0.2, 0) is 0 Å². The molecule has 0 bridgehead atoms. The molecule has 0 aromatic heterocycles. The van der Waals surface area contributed by atoms with Crippen molar-refractivity contribution in [1.82, 2.24) is 4.90 Å². The monoisotopic (exact) mass is 263 g/mol. The summed E-state index contributed by atoms with van der Waals surface area (Å²) >= 11 is 0. The van der Waals surface area contributed by atoms with Crippen LogP contribution in [0.25, 0.3) is 0 Å². The number of unbranched alkanes of at least 4 members (excludes halogenated alkanes) is 7. The third kappa shape index (κ3) is 4.85. The van der Waals surface area contributed by atoms with Crippen LogP contribution in [0.1, 0.15) is 84.0 Å². The third-order valence-electron chi connectivity index (χ3n) is 4.92. The summed E-state index contributed by atoms with van der Waals surface area (Å²) < 4.78 is 0. The molecule has 1 atom stereocenters. The lowest BCUT2D eigenvalue weighted by Crippen LogP contribution is -2.21. The number of rotatable bonds is 9. The van der Waals surface area contributed by atoms with Gasteiger partial charge in [0.2, 0.25) is 0 Å². The summed E-state index contributed by atoms with van der Waals surface area (Å²) in [5, 5.41) is 0. The second-order valence-corrected chi connectivity index (χ2v) is 6.51. The first-order valence-corrected chi connectivity index (χ1v) is 8.87. The summed E-state index contributed by atoms with van der Waals surface area (Å²) in [6, 6.07) is 0. The van der Waals surface area contributed by atoms with Crippen LogP contribution in [0.15, 0.2) is 11.8 Å². The fraction of sp³-hybridized carbons (Fsp3) is 0.889. The van der Waals surface area contributed by atoms with Crippen LogP contribution >= 0.6 is 0 Å². The highest BCUT2D eigenvalue weighted by Crippen LogP contribution is 2.35. The third-order valence-corrected chi connectivity index (χ3v) is 4.92. The molecule has 19 heavy (non-hydrogen) atoms. The minimum Gasteiger partial charge on any atom is -0.375 e. The maximum absolute atomic E-state index is 2.70. The Bertz CT molecular complexity index is 269. The molecule has 110 valence electrons. The summed E-state index contributed by atoms with van der Waals surface area (Å²) in [5.41, 5.74) is 1.72. The van der Waals surface area contributed by atoms with Gasteiger partial charge in [-0.15, -0.1) is 0 Å². The number of nitrogens with zero attached hydrogens (tertiary/aromatic N) is 1. The number of fused-ring (bicyclic) bond motifs is 1.